The predicted octanol–water partition coefficient (Wildman–Crippen LogP) is 3.26. The van der Waals surface area contributed by atoms with Crippen molar-refractivity contribution in [1.29, 1.82) is 0 Å². The average Bonchev–Trinajstić information content (AvgIpc) is 2.80. The van der Waals surface area contributed by atoms with Gasteiger partial charge in [0.05, 0.1) is 0 Å². The molecule has 0 fully saturated rings. The van der Waals surface area contributed by atoms with Gasteiger partial charge in [-0.15, -0.1) is 0 Å². The Morgan fingerprint density at radius 1 is 1.22 bits per heavy atom. The molecule has 0 saturated carbocycles. The van der Waals surface area contributed by atoms with Crippen molar-refractivity contribution in [2.24, 2.45) is 0 Å². The zero-order valence-electron chi connectivity index (χ0n) is 11.2. The van der Waals surface area contributed by atoms with Crippen molar-refractivity contribution in [2.75, 3.05) is 11.9 Å². The zero-order chi connectivity index (χ0) is 12.8. The summed E-state index contributed by atoms with van der Waals surface area (Å²) in [6.07, 6.45) is 6.14. The summed E-state index contributed by atoms with van der Waals surface area (Å²) >= 11 is 0. The average molecular weight is 243 g/mol. The second kappa shape index (κ2) is 6.24. The van der Waals surface area contributed by atoms with E-state index in [0.717, 1.165) is 25.9 Å². The standard InChI is InChI=1S/C15H21N3/c1-3-4-15-17-10-12-18(15)11-9-16-14-7-5-13(2)6-8-14/h5-8,10,12,16H,3-4,9,11H2,1-2H3. The summed E-state index contributed by atoms with van der Waals surface area (Å²) in [5.41, 5.74) is 2.47. The van der Waals surface area contributed by atoms with Crippen molar-refractivity contribution in [3.63, 3.8) is 0 Å². The van der Waals surface area contributed by atoms with Crippen molar-refractivity contribution in [3.8, 4) is 0 Å². The van der Waals surface area contributed by atoms with Crippen molar-refractivity contribution in [3.05, 3.63) is 48.0 Å². The van der Waals surface area contributed by atoms with Crippen molar-refractivity contribution < 1.29 is 0 Å². The Labute approximate surface area is 109 Å². The summed E-state index contributed by atoms with van der Waals surface area (Å²) in [5, 5.41) is 3.43. The molecule has 0 unspecified atom stereocenters. The highest BCUT2D eigenvalue weighted by Crippen LogP contribution is 2.08. The Bertz CT molecular complexity index is 471. The number of benzene rings is 1. The van der Waals surface area contributed by atoms with Crippen LogP contribution in [0.5, 0.6) is 0 Å². The topological polar surface area (TPSA) is 29.9 Å². The summed E-state index contributed by atoms with van der Waals surface area (Å²) in [4.78, 5) is 4.38. The minimum atomic E-state index is 0.927. The Morgan fingerprint density at radius 3 is 2.72 bits per heavy atom. The molecule has 3 nitrogen and oxygen atoms in total. The number of hydrogen-bond acceptors (Lipinski definition) is 2. The van der Waals surface area contributed by atoms with Crippen LogP contribution in [0.2, 0.25) is 0 Å². The van der Waals surface area contributed by atoms with Crippen LogP contribution in [-0.4, -0.2) is 16.1 Å². The van der Waals surface area contributed by atoms with E-state index < -0.39 is 0 Å². The highest BCUT2D eigenvalue weighted by atomic mass is 15.1. The van der Waals surface area contributed by atoms with E-state index in [1.54, 1.807) is 0 Å². The molecule has 0 saturated heterocycles. The number of rotatable bonds is 6. The van der Waals surface area contributed by atoms with Gasteiger partial charge in [0.25, 0.3) is 0 Å². The molecule has 0 spiro atoms. The molecule has 2 rings (SSSR count). The summed E-state index contributed by atoms with van der Waals surface area (Å²) in [6, 6.07) is 8.50. The lowest BCUT2D eigenvalue weighted by atomic mass is 10.2. The Balaban J connectivity index is 1.84. The smallest absolute Gasteiger partial charge is 0.108 e. The van der Waals surface area contributed by atoms with E-state index in [0.29, 0.717) is 0 Å². The number of aryl methyl sites for hydroxylation is 2. The largest absolute Gasteiger partial charge is 0.383 e. The van der Waals surface area contributed by atoms with E-state index in [-0.39, 0.29) is 0 Å². The number of imidazole rings is 1. The molecule has 0 amide bonds. The quantitative estimate of drug-likeness (QED) is 0.844. The maximum absolute atomic E-state index is 4.38. The molecular formula is C15H21N3. The molecular weight excluding hydrogens is 222 g/mol. The predicted molar refractivity (Wildman–Crippen MR) is 75.9 cm³/mol. The molecule has 0 aliphatic carbocycles. The second-order valence-corrected chi connectivity index (χ2v) is 4.58. The highest BCUT2D eigenvalue weighted by Gasteiger charge is 2.00. The van der Waals surface area contributed by atoms with Crippen LogP contribution in [0.3, 0.4) is 0 Å². The SMILES string of the molecule is CCCc1nccn1CCNc1ccc(C)cc1. The number of anilines is 1. The van der Waals surface area contributed by atoms with Crippen LogP contribution in [-0.2, 0) is 13.0 Å². The first-order valence-electron chi connectivity index (χ1n) is 6.60. The van der Waals surface area contributed by atoms with E-state index in [2.05, 4.69) is 59.2 Å². The monoisotopic (exact) mass is 243 g/mol. The Hall–Kier alpha value is -1.77. The second-order valence-electron chi connectivity index (χ2n) is 4.58. The third-order valence-corrected chi connectivity index (χ3v) is 3.01. The fraction of sp³-hybridized carbons (Fsp3) is 0.400. The van der Waals surface area contributed by atoms with Crippen molar-refractivity contribution in [1.82, 2.24) is 9.55 Å². The fourth-order valence-corrected chi connectivity index (χ4v) is 1.99. The van der Waals surface area contributed by atoms with Gasteiger partial charge in [0, 0.05) is 37.6 Å². The van der Waals surface area contributed by atoms with Crippen molar-refractivity contribution >= 4 is 5.69 Å². The first-order chi connectivity index (χ1) is 8.79. The van der Waals surface area contributed by atoms with Gasteiger partial charge in [-0.05, 0) is 25.5 Å². The molecule has 3 heteroatoms. The maximum atomic E-state index is 4.38. The maximum Gasteiger partial charge on any atom is 0.108 e. The van der Waals surface area contributed by atoms with Crippen LogP contribution in [0.15, 0.2) is 36.7 Å². The lowest BCUT2D eigenvalue weighted by Gasteiger charge is -2.09. The Morgan fingerprint density at radius 2 is 2.00 bits per heavy atom. The fourth-order valence-electron chi connectivity index (χ4n) is 1.99. The third-order valence-electron chi connectivity index (χ3n) is 3.01. The Kier molecular flexibility index (Phi) is 4.40. The van der Waals surface area contributed by atoms with Gasteiger partial charge >= 0.3 is 0 Å². The first kappa shape index (κ1) is 12.7. The van der Waals surface area contributed by atoms with E-state index in [9.17, 15) is 0 Å². The lowest BCUT2D eigenvalue weighted by molar-refractivity contribution is 0.663. The summed E-state index contributed by atoms with van der Waals surface area (Å²) < 4.78 is 2.23. The minimum Gasteiger partial charge on any atom is -0.383 e. The molecule has 0 bridgehead atoms. The molecule has 0 radical (unpaired) electrons. The summed E-state index contributed by atoms with van der Waals surface area (Å²) in [5.74, 6) is 1.18. The van der Waals surface area contributed by atoms with Gasteiger partial charge in [0.1, 0.15) is 5.82 Å². The van der Waals surface area contributed by atoms with E-state index in [1.165, 1.54) is 17.1 Å². The lowest BCUT2D eigenvalue weighted by Crippen LogP contribution is -2.12. The summed E-state index contributed by atoms with van der Waals surface area (Å²) in [6.45, 7) is 6.18. The third kappa shape index (κ3) is 3.36. The molecule has 0 atom stereocenters. The highest BCUT2D eigenvalue weighted by molar-refractivity contribution is 5.44. The molecule has 0 aliphatic heterocycles. The van der Waals surface area contributed by atoms with E-state index in [1.807, 2.05) is 6.20 Å². The van der Waals surface area contributed by atoms with Crippen LogP contribution in [0, 0.1) is 6.92 Å². The normalized spacial score (nSPS) is 10.6. The van der Waals surface area contributed by atoms with Gasteiger partial charge < -0.3 is 9.88 Å². The molecule has 1 heterocycles. The van der Waals surface area contributed by atoms with Crippen LogP contribution in [0.25, 0.3) is 0 Å². The number of nitrogens with one attached hydrogen (secondary N) is 1. The molecule has 18 heavy (non-hydrogen) atoms. The first-order valence-corrected chi connectivity index (χ1v) is 6.60. The number of aromatic nitrogens is 2. The van der Waals surface area contributed by atoms with Gasteiger partial charge in [-0.25, -0.2) is 4.98 Å². The van der Waals surface area contributed by atoms with Gasteiger partial charge in [-0.3, -0.25) is 0 Å². The molecule has 1 aromatic heterocycles. The summed E-state index contributed by atoms with van der Waals surface area (Å²) in [7, 11) is 0. The number of nitrogens with zero attached hydrogens (tertiary/aromatic N) is 2. The van der Waals surface area contributed by atoms with Gasteiger partial charge in [0.2, 0.25) is 0 Å². The van der Waals surface area contributed by atoms with Crippen LogP contribution >= 0.6 is 0 Å². The van der Waals surface area contributed by atoms with Crippen LogP contribution in [0.1, 0.15) is 24.7 Å². The number of hydrogen-bond donors (Lipinski definition) is 1. The molecule has 96 valence electrons. The minimum absolute atomic E-state index is 0.927. The molecule has 2 aromatic rings. The van der Waals surface area contributed by atoms with E-state index in [4.69, 9.17) is 0 Å². The molecule has 0 aliphatic rings. The van der Waals surface area contributed by atoms with Crippen molar-refractivity contribution in [2.45, 2.75) is 33.2 Å². The zero-order valence-corrected chi connectivity index (χ0v) is 11.2. The van der Waals surface area contributed by atoms with Gasteiger partial charge in [-0.1, -0.05) is 24.6 Å². The van der Waals surface area contributed by atoms with Gasteiger partial charge in [0.15, 0.2) is 0 Å². The van der Waals surface area contributed by atoms with Gasteiger partial charge in [-0.2, -0.15) is 0 Å². The van der Waals surface area contributed by atoms with E-state index >= 15 is 0 Å². The van der Waals surface area contributed by atoms with Crippen LogP contribution in [0.4, 0.5) is 5.69 Å². The molecule has 1 aromatic carbocycles. The van der Waals surface area contributed by atoms with Crippen LogP contribution < -0.4 is 5.32 Å². The molecule has 1 N–H and O–H groups in total.